The molecule has 4 heteroatoms. The second kappa shape index (κ2) is 8.30. The van der Waals surface area contributed by atoms with Gasteiger partial charge in [-0.1, -0.05) is 59.7 Å². The number of rotatable bonds is 6. The van der Waals surface area contributed by atoms with Crippen LogP contribution in [0, 0.1) is 13.8 Å². The third kappa shape index (κ3) is 4.93. The largest absolute Gasteiger partial charge is 0.380 e. The summed E-state index contributed by atoms with van der Waals surface area (Å²) < 4.78 is 0. The fourth-order valence-corrected chi connectivity index (χ4v) is 2.75. The number of hydrogen-bond donors (Lipinski definition) is 2. The topological polar surface area (TPSA) is 54.0 Å². The van der Waals surface area contributed by atoms with E-state index in [1.165, 1.54) is 16.7 Å². The van der Waals surface area contributed by atoms with Gasteiger partial charge in [0.15, 0.2) is 0 Å². The lowest BCUT2D eigenvalue weighted by Crippen LogP contribution is -2.23. The van der Waals surface area contributed by atoms with E-state index in [2.05, 4.69) is 46.8 Å². The van der Waals surface area contributed by atoms with Crippen LogP contribution in [0.1, 0.15) is 32.7 Å². The molecule has 0 saturated carbocycles. The van der Waals surface area contributed by atoms with E-state index in [0.717, 1.165) is 17.8 Å². The number of pyridine rings is 1. The highest BCUT2D eigenvalue weighted by atomic mass is 16.1. The third-order valence-corrected chi connectivity index (χ3v) is 4.11. The highest BCUT2D eigenvalue weighted by Gasteiger charge is 2.07. The minimum absolute atomic E-state index is 0.170. The first-order chi connectivity index (χ1) is 12.6. The predicted molar refractivity (Wildman–Crippen MR) is 105 cm³/mol. The van der Waals surface area contributed by atoms with Crippen LogP contribution < -0.4 is 10.6 Å². The number of hydrogen-bond acceptors (Lipinski definition) is 3. The van der Waals surface area contributed by atoms with Gasteiger partial charge in [-0.25, -0.2) is 4.98 Å². The molecule has 0 bridgehead atoms. The van der Waals surface area contributed by atoms with Crippen molar-refractivity contribution in [2.24, 2.45) is 0 Å². The minimum Gasteiger partial charge on any atom is -0.380 e. The molecule has 0 atom stereocenters. The molecular formula is C22H23N3O. The van der Waals surface area contributed by atoms with Crippen LogP contribution in [0.3, 0.4) is 0 Å². The zero-order valence-corrected chi connectivity index (χ0v) is 15.1. The molecule has 26 heavy (non-hydrogen) atoms. The van der Waals surface area contributed by atoms with Gasteiger partial charge in [0, 0.05) is 13.1 Å². The highest BCUT2D eigenvalue weighted by molar-refractivity contribution is 5.92. The second-order valence-electron chi connectivity index (χ2n) is 6.45. The highest BCUT2D eigenvalue weighted by Crippen LogP contribution is 2.10. The summed E-state index contributed by atoms with van der Waals surface area (Å²) in [4.78, 5) is 16.5. The zero-order chi connectivity index (χ0) is 18.4. The summed E-state index contributed by atoms with van der Waals surface area (Å²) in [7, 11) is 0. The number of benzene rings is 2. The monoisotopic (exact) mass is 345 g/mol. The van der Waals surface area contributed by atoms with Gasteiger partial charge < -0.3 is 10.6 Å². The number of aryl methyl sites for hydroxylation is 2. The summed E-state index contributed by atoms with van der Waals surface area (Å²) in [6.45, 7) is 5.34. The summed E-state index contributed by atoms with van der Waals surface area (Å²) in [5.74, 6) is -0.170. The van der Waals surface area contributed by atoms with Crippen LogP contribution in [0.2, 0.25) is 0 Å². The Hall–Kier alpha value is -3.14. The molecule has 2 N–H and O–H groups in total. The maximum absolute atomic E-state index is 12.2. The number of nitrogens with zero attached hydrogens (tertiary/aromatic N) is 1. The molecule has 132 valence electrons. The van der Waals surface area contributed by atoms with Gasteiger partial charge in [0.2, 0.25) is 0 Å². The molecule has 3 rings (SSSR count). The molecule has 1 amide bonds. The average Bonchev–Trinajstić information content (AvgIpc) is 2.65. The molecule has 2 aromatic carbocycles. The van der Waals surface area contributed by atoms with Gasteiger partial charge in [-0.15, -0.1) is 0 Å². The Kier molecular flexibility index (Phi) is 5.64. The summed E-state index contributed by atoms with van der Waals surface area (Å²) in [5.41, 5.74) is 6.02. The number of amides is 1. The van der Waals surface area contributed by atoms with Gasteiger partial charge in [0.25, 0.3) is 5.91 Å². The van der Waals surface area contributed by atoms with Crippen molar-refractivity contribution in [2.75, 3.05) is 5.32 Å². The molecule has 0 unspecified atom stereocenters. The van der Waals surface area contributed by atoms with Crippen LogP contribution in [0.15, 0.2) is 66.9 Å². The lowest BCUT2D eigenvalue weighted by molar-refractivity contribution is 0.0946. The summed E-state index contributed by atoms with van der Waals surface area (Å²) >= 11 is 0. The Morgan fingerprint density at radius 2 is 1.54 bits per heavy atom. The van der Waals surface area contributed by atoms with Crippen LogP contribution in [-0.2, 0) is 13.1 Å². The number of aromatic nitrogens is 1. The summed E-state index contributed by atoms with van der Waals surface area (Å²) in [6, 6.07) is 20.1. The van der Waals surface area contributed by atoms with E-state index >= 15 is 0 Å². The standard InChI is InChI=1S/C22H23N3O/c1-16-5-3-7-18(11-16)13-23-20-9-10-21(24-15-20)22(26)25-14-19-8-4-6-17(2)12-19/h3-12,15,23H,13-14H2,1-2H3,(H,25,26). The maximum Gasteiger partial charge on any atom is 0.270 e. The Morgan fingerprint density at radius 1 is 0.885 bits per heavy atom. The first-order valence-corrected chi connectivity index (χ1v) is 8.69. The fraction of sp³-hybridized carbons (Fsp3) is 0.182. The van der Waals surface area contributed by atoms with Crippen LogP contribution in [-0.4, -0.2) is 10.9 Å². The summed E-state index contributed by atoms with van der Waals surface area (Å²) in [5, 5.41) is 6.23. The molecule has 4 nitrogen and oxygen atoms in total. The van der Waals surface area contributed by atoms with Crippen molar-refractivity contribution in [2.45, 2.75) is 26.9 Å². The van der Waals surface area contributed by atoms with E-state index in [1.807, 2.05) is 37.3 Å². The number of anilines is 1. The number of carbonyl (C=O) groups is 1. The first-order valence-electron chi connectivity index (χ1n) is 8.69. The SMILES string of the molecule is Cc1cccc(CNC(=O)c2ccc(NCc3cccc(C)c3)cn2)c1. The van der Waals surface area contributed by atoms with Gasteiger partial charge in [-0.3, -0.25) is 4.79 Å². The van der Waals surface area contributed by atoms with Crippen molar-refractivity contribution in [3.63, 3.8) is 0 Å². The molecule has 0 aliphatic carbocycles. The predicted octanol–water partition coefficient (Wildman–Crippen LogP) is 4.24. The molecule has 0 spiro atoms. The van der Waals surface area contributed by atoms with Crippen molar-refractivity contribution < 1.29 is 4.79 Å². The second-order valence-corrected chi connectivity index (χ2v) is 6.45. The van der Waals surface area contributed by atoms with Gasteiger partial charge in [0.05, 0.1) is 11.9 Å². The normalized spacial score (nSPS) is 10.4. The molecule has 1 aromatic heterocycles. The Morgan fingerprint density at radius 3 is 2.12 bits per heavy atom. The smallest absolute Gasteiger partial charge is 0.270 e. The van der Waals surface area contributed by atoms with E-state index in [9.17, 15) is 4.79 Å². The minimum atomic E-state index is -0.170. The van der Waals surface area contributed by atoms with E-state index in [1.54, 1.807) is 12.3 Å². The molecule has 0 radical (unpaired) electrons. The molecule has 1 heterocycles. The lowest BCUT2D eigenvalue weighted by Gasteiger charge is -2.08. The lowest BCUT2D eigenvalue weighted by atomic mass is 10.1. The van der Waals surface area contributed by atoms with Gasteiger partial charge in [-0.2, -0.15) is 0 Å². The number of nitrogens with one attached hydrogen (secondary N) is 2. The van der Waals surface area contributed by atoms with Crippen LogP contribution in [0.5, 0.6) is 0 Å². The van der Waals surface area contributed by atoms with Gasteiger partial charge in [-0.05, 0) is 37.1 Å². The quantitative estimate of drug-likeness (QED) is 0.702. The molecule has 3 aromatic rings. The molecule has 0 aliphatic heterocycles. The van der Waals surface area contributed by atoms with E-state index < -0.39 is 0 Å². The van der Waals surface area contributed by atoms with Gasteiger partial charge >= 0.3 is 0 Å². The third-order valence-electron chi connectivity index (χ3n) is 4.11. The Bertz CT molecular complexity index is 888. The molecule has 0 aliphatic rings. The molecular weight excluding hydrogens is 322 g/mol. The van der Waals surface area contributed by atoms with Crippen LogP contribution in [0.25, 0.3) is 0 Å². The number of carbonyl (C=O) groups excluding carboxylic acids is 1. The van der Waals surface area contributed by atoms with Gasteiger partial charge in [0.1, 0.15) is 5.69 Å². The van der Waals surface area contributed by atoms with Crippen molar-refractivity contribution in [3.05, 3.63) is 94.8 Å². The van der Waals surface area contributed by atoms with Crippen LogP contribution in [0.4, 0.5) is 5.69 Å². The average molecular weight is 345 g/mol. The van der Waals surface area contributed by atoms with Crippen molar-refractivity contribution in [3.8, 4) is 0 Å². The maximum atomic E-state index is 12.2. The molecule has 0 saturated heterocycles. The summed E-state index contributed by atoms with van der Waals surface area (Å²) in [6.07, 6.45) is 1.69. The van der Waals surface area contributed by atoms with E-state index in [-0.39, 0.29) is 5.91 Å². The van der Waals surface area contributed by atoms with E-state index in [0.29, 0.717) is 12.2 Å². The first kappa shape index (κ1) is 17.7. The Labute approximate surface area is 154 Å². The molecule has 0 fully saturated rings. The Balaban J connectivity index is 1.54. The van der Waals surface area contributed by atoms with Crippen molar-refractivity contribution in [1.82, 2.24) is 10.3 Å². The van der Waals surface area contributed by atoms with Crippen molar-refractivity contribution in [1.29, 1.82) is 0 Å². The zero-order valence-electron chi connectivity index (χ0n) is 15.1. The van der Waals surface area contributed by atoms with Crippen molar-refractivity contribution >= 4 is 11.6 Å². The van der Waals surface area contributed by atoms with Crippen LogP contribution >= 0.6 is 0 Å². The fourth-order valence-electron chi connectivity index (χ4n) is 2.75. The van der Waals surface area contributed by atoms with E-state index in [4.69, 9.17) is 0 Å².